The summed E-state index contributed by atoms with van der Waals surface area (Å²) in [5.74, 6) is 0.0911. The zero-order valence-corrected chi connectivity index (χ0v) is 9.34. The fourth-order valence-corrected chi connectivity index (χ4v) is 1.40. The van der Waals surface area contributed by atoms with Gasteiger partial charge < -0.3 is 14.5 Å². The van der Waals surface area contributed by atoms with Crippen LogP contribution in [0.1, 0.15) is 15.9 Å². The van der Waals surface area contributed by atoms with Gasteiger partial charge in [-0.05, 0) is 18.2 Å². The maximum Gasteiger partial charge on any atom is 0.341 e. The van der Waals surface area contributed by atoms with E-state index >= 15 is 0 Å². The van der Waals surface area contributed by atoms with Crippen molar-refractivity contribution in [2.75, 3.05) is 12.4 Å². The normalized spacial score (nSPS) is 9.94. The molecule has 2 rings (SSSR count). The maximum absolute atomic E-state index is 11.5. The lowest BCUT2D eigenvalue weighted by molar-refractivity contribution is 0.0601. The van der Waals surface area contributed by atoms with E-state index in [9.17, 15) is 4.79 Å². The Hall–Kier alpha value is -2.30. The molecule has 5 heteroatoms. The van der Waals surface area contributed by atoms with Crippen LogP contribution >= 0.6 is 0 Å². The number of rotatable bonds is 4. The number of hydrogen-bond donors (Lipinski definition) is 1. The molecule has 0 spiro atoms. The number of nitrogens with zero attached hydrogens (tertiary/aromatic N) is 1. The van der Waals surface area contributed by atoms with Gasteiger partial charge in [0.15, 0.2) is 0 Å². The highest BCUT2D eigenvalue weighted by Crippen LogP contribution is 2.14. The number of carbonyl (C=O) groups is 1. The van der Waals surface area contributed by atoms with Crippen LogP contribution in [0.25, 0.3) is 0 Å². The first-order chi connectivity index (χ1) is 8.31. The Balaban J connectivity index is 2.12. The molecule has 2 heterocycles. The van der Waals surface area contributed by atoms with Gasteiger partial charge in [-0.15, -0.1) is 0 Å². The largest absolute Gasteiger partial charge is 0.472 e. The molecule has 0 aliphatic carbocycles. The van der Waals surface area contributed by atoms with Crippen molar-refractivity contribution >= 4 is 11.8 Å². The minimum atomic E-state index is -0.409. The lowest BCUT2D eigenvalue weighted by Gasteiger charge is -2.08. The summed E-state index contributed by atoms with van der Waals surface area (Å²) in [4.78, 5) is 15.6. The Bertz CT molecular complexity index is 494. The van der Waals surface area contributed by atoms with Gasteiger partial charge in [0.1, 0.15) is 11.4 Å². The van der Waals surface area contributed by atoms with Crippen LogP contribution < -0.4 is 5.32 Å². The predicted octanol–water partition coefficient (Wildman–Crippen LogP) is 2.07. The van der Waals surface area contributed by atoms with Crippen LogP contribution in [0.2, 0.25) is 0 Å². The van der Waals surface area contributed by atoms with Crippen molar-refractivity contribution in [2.24, 2.45) is 0 Å². The second-order valence-electron chi connectivity index (χ2n) is 3.38. The number of methoxy groups -OCH3 is 1. The molecule has 0 aliphatic rings. The second-order valence-corrected chi connectivity index (χ2v) is 3.38. The summed E-state index contributed by atoms with van der Waals surface area (Å²) in [6.07, 6.45) is 4.84. The molecule has 0 saturated carbocycles. The number of hydrogen-bond acceptors (Lipinski definition) is 5. The first kappa shape index (κ1) is 11.2. The zero-order chi connectivity index (χ0) is 12.1. The minimum absolute atomic E-state index is 0.409. The quantitative estimate of drug-likeness (QED) is 0.817. The van der Waals surface area contributed by atoms with E-state index in [1.54, 1.807) is 30.9 Å². The number of ether oxygens (including phenoxy) is 1. The Kier molecular flexibility index (Phi) is 3.40. The molecule has 17 heavy (non-hydrogen) atoms. The Morgan fingerprint density at radius 2 is 2.41 bits per heavy atom. The third-order valence-electron chi connectivity index (χ3n) is 2.25. The lowest BCUT2D eigenvalue weighted by atomic mass is 10.2. The summed E-state index contributed by atoms with van der Waals surface area (Å²) >= 11 is 0. The smallest absolute Gasteiger partial charge is 0.341 e. The fourth-order valence-electron chi connectivity index (χ4n) is 1.40. The van der Waals surface area contributed by atoms with E-state index in [0.717, 1.165) is 5.56 Å². The van der Waals surface area contributed by atoms with Crippen molar-refractivity contribution in [3.63, 3.8) is 0 Å². The van der Waals surface area contributed by atoms with Crippen molar-refractivity contribution in [3.8, 4) is 0 Å². The molecule has 0 aromatic carbocycles. The molecule has 1 N–H and O–H groups in total. The molecule has 0 radical (unpaired) electrons. The first-order valence-corrected chi connectivity index (χ1v) is 5.09. The molecule has 2 aromatic heterocycles. The van der Waals surface area contributed by atoms with Gasteiger partial charge >= 0.3 is 5.97 Å². The molecule has 88 valence electrons. The van der Waals surface area contributed by atoms with Crippen LogP contribution in [-0.4, -0.2) is 18.1 Å². The standard InChI is InChI=1S/C12H12N2O3/c1-16-12(15)10-3-2-5-13-11(10)14-7-9-4-6-17-8-9/h2-6,8H,7H2,1H3,(H,13,14). The summed E-state index contributed by atoms with van der Waals surface area (Å²) in [7, 11) is 1.34. The molecular formula is C12H12N2O3. The van der Waals surface area contributed by atoms with Gasteiger partial charge in [0.2, 0.25) is 0 Å². The molecule has 0 bridgehead atoms. The van der Waals surface area contributed by atoms with E-state index in [0.29, 0.717) is 17.9 Å². The summed E-state index contributed by atoms with van der Waals surface area (Å²) in [5.41, 5.74) is 1.39. The van der Waals surface area contributed by atoms with Crippen LogP contribution in [0, 0.1) is 0 Å². The number of esters is 1. The predicted molar refractivity (Wildman–Crippen MR) is 61.6 cm³/mol. The Labute approximate surface area is 98.4 Å². The molecule has 0 amide bonds. The number of furan rings is 1. The van der Waals surface area contributed by atoms with E-state index in [-0.39, 0.29) is 0 Å². The number of pyridine rings is 1. The van der Waals surface area contributed by atoms with Gasteiger partial charge in [-0.2, -0.15) is 0 Å². The van der Waals surface area contributed by atoms with Crippen LogP contribution in [0.4, 0.5) is 5.82 Å². The third-order valence-corrected chi connectivity index (χ3v) is 2.25. The fraction of sp³-hybridized carbons (Fsp3) is 0.167. The maximum atomic E-state index is 11.5. The van der Waals surface area contributed by atoms with Crippen molar-refractivity contribution in [3.05, 3.63) is 48.0 Å². The van der Waals surface area contributed by atoms with Crippen molar-refractivity contribution in [1.29, 1.82) is 0 Å². The average molecular weight is 232 g/mol. The number of aromatic nitrogens is 1. The highest BCUT2D eigenvalue weighted by atomic mass is 16.5. The van der Waals surface area contributed by atoms with Gasteiger partial charge in [-0.25, -0.2) is 9.78 Å². The minimum Gasteiger partial charge on any atom is -0.472 e. The monoisotopic (exact) mass is 232 g/mol. The molecule has 0 aliphatic heterocycles. The number of carbonyl (C=O) groups excluding carboxylic acids is 1. The topological polar surface area (TPSA) is 64.4 Å². The molecular weight excluding hydrogens is 220 g/mol. The van der Waals surface area contributed by atoms with E-state index in [1.165, 1.54) is 7.11 Å². The van der Waals surface area contributed by atoms with Gasteiger partial charge in [-0.3, -0.25) is 0 Å². The van der Waals surface area contributed by atoms with Crippen molar-refractivity contribution in [1.82, 2.24) is 4.98 Å². The summed E-state index contributed by atoms with van der Waals surface area (Å²) in [6.45, 7) is 0.539. The van der Waals surface area contributed by atoms with Gasteiger partial charge in [0.25, 0.3) is 0 Å². The van der Waals surface area contributed by atoms with Crippen LogP contribution in [0.15, 0.2) is 41.3 Å². The number of anilines is 1. The highest BCUT2D eigenvalue weighted by Gasteiger charge is 2.11. The summed E-state index contributed by atoms with van der Waals surface area (Å²) < 4.78 is 9.63. The Morgan fingerprint density at radius 3 is 3.12 bits per heavy atom. The molecule has 0 atom stereocenters. The summed E-state index contributed by atoms with van der Waals surface area (Å²) in [6, 6.07) is 5.19. The van der Waals surface area contributed by atoms with Crippen molar-refractivity contribution < 1.29 is 13.9 Å². The van der Waals surface area contributed by atoms with Crippen LogP contribution in [-0.2, 0) is 11.3 Å². The van der Waals surface area contributed by atoms with Gasteiger partial charge in [0, 0.05) is 18.3 Å². The molecule has 0 saturated heterocycles. The van der Waals surface area contributed by atoms with Gasteiger partial charge in [0.05, 0.1) is 19.6 Å². The molecule has 2 aromatic rings. The zero-order valence-electron chi connectivity index (χ0n) is 9.34. The highest BCUT2D eigenvalue weighted by molar-refractivity contribution is 5.94. The van der Waals surface area contributed by atoms with Crippen LogP contribution in [0.3, 0.4) is 0 Å². The van der Waals surface area contributed by atoms with Crippen molar-refractivity contribution in [2.45, 2.75) is 6.54 Å². The van der Waals surface area contributed by atoms with Gasteiger partial charge in [-0.1, -0.05) is 0 Å². The lowest BCUT2D eigenvalue weighted by Crippen LogP contribution is -2.09. The van der Waals surface area contributed by atoms with E-state index in [1.807, 2.05) is 6.07 Å². The van der Waals surface area contributed by atoms with E-state index < -0.39 is 5.97 Å². The molecule has 5 nitrogen and oxygen atoms in total. The second kappa shape index (κ2) is 5.16. The van der Waals surface area contributed by atoms with E-state index in [2.05, 4.69) is 15.0 Å². The van der Waals surface area contributed by atoms with Crippen LogP contribution in [0.5, 0.6) is 0 Å². The van der Waals surface area contributed by atoms with E-state index in [4.69, 9.17) is 4.42 Å². The Morgan fingerprint density at radius 1 is 1.53 bits per heavy atom. The average Bonchev–Trinajstić information content (AvgIpc) is 2.89. The SMILES string of the molecule is COC(=O)c1cccnc1NCc1ccoc1. The number of nitrogens with one attached hydrogen (secondary N) is 1. The molecule has 0 fully saturated rings. The third kappa shape index (κ3) is 2.63. The summed E-state index contributed by atoms with van der Waals surface area (Å²) in [5, 5.41) is 3.06. The first-order valence-electron chi connectivity index (χ1n) is 5.09. The molecule has 0 unspecified atom stereocenters.